The maximum Gasteiger partial charge on any atom is 0.0390 e. The predicted octanol–water partition coefficient (Wildman–Crippen LogP) is 5.95. The molecule has 1 heterocycles. The first kappa shape index (κ1) is 12.6. The van der Waals surface area contributed by atoms with Gasteiger partial charge in [-0.2, -0.15) is 0 Å². The van der Waals surface area contributed by atoms with Crippen LogP contribution in [0.5, 0.6) is 0 Å². The molecule has 0 radical (unpaired) electrons. The Morgan fingerprint density at radius 2 is 1.57 bits per heavy atom. The monoisotopic (exact) mass is 288 g/mol. The summed E-state index contributed by atoms with van der Waals surface area (Å²) in [7, 11) is 0. The van der Waals surface area contributed by atoms with Gasteiger partial charge in [0.1, 0.15) is 0 Å². The fourth-order valence-electron chi connectivity index (χ4n) is 3.00. The average molecular weight is 288 g/mol. The van der Waals surface area contributed by atoms with Gasteiger partial charge in [0, 0.05) is 20.2 Å². The van der Waals surface area contributed by atoms with Crippen molar-refractivity contribution in [1.82, 2.24) is 0 Å². The normalized spacial score (nSPS) is 11.3. The number of aryl methyl sites for hydroxylation is 1. The molecular weight excluding hydrogens is 272 g/mol. The van der Waals surface area contributed by atoms with Crippen LogP contribution in [0.2, 0.25) is 0 Å². The van der Waals surface area contributed by atoms with Crippen molar-refractivity contribution in [2.75, 3.05) is 0 Å². The highest BCUT2D eigenvalue weighted by Gasteiger charge is 2.10. The second-order valence-electron chi connectivity index (χ2n) is 5.56. The molecule has 0 aliphatic heterocycles. The quantitative estimate of drug-likeness (QED) is 0.427. The van der Waals surface area contributed by atoms with E-state index >= 15 is 0 Å². The minimum Gasteiger partial charge on any atom is -0.135 e. The van der Waals surface area contributed by atoms with Gasteiger partial charge in [-0.1, -0.05) is 60.2 Å². The highest BCUT2D eigenvalue weighted by atomic mass is 32.1. The third-order valence-electron chi connectivity index (χ3n) is 3.94. The topological polar surface area (TPSA) is 0 Å². The Kier molecular flexibility index (Phi) is 3.01. The van der Waals surface area contributed by atoms with Crippen LogP contribution in [0.4, 0.5) is 0 Å². The molecule has 0 unspecified atom stereocenters. The van der Waals surface area contributed by atoms with Crippen LogP contribution in [0.25, 0.3) is 20.2 Å². The van der Waals surface area contributed by atoms with Gasteiger partial charge in [-0.05, 0) is 36.6 Å². The van der Waals surface area contributed by atoms with Crippen molar-refractivity contribution in [1.29, 1.82) is 0 Å². The molecule has 0 bridgehead atoms. The van der Waals surface area contributed by atoms with Gasteiger partial charge in [0.2, 0.25) is 0 Å². The lowest BCUT2D eigenvalue weighted by molar-refractivity contribution is 1.21. The van der Waals surface area contributed by atoms with Gasteiger partial charge in [-0.25, -0.2) is 0 Å². The van der Waals surface area contributed by atoms with E-state index in [9.17, 15) is 0 Å². The Morgan fingerprint density at radius 3 is 2.43 bits per heavy atom. The molecule has 21 heavy (non-hydrogen) atoms. The molecule has 0 saturated carbocycles. The van der Waals surface area contributed by atoms with Crippen LogP contribution in [0.3, 0.4) is 0 Å². The van der Waals surface area contributed by atoms with E-state index < -0.39 is 0 Å². The summed E-state index contributed by atoms with van der Waals surface area (Å²) in [6.45, 7) is 2.19. The summed E-state index contributed by atoms with van der Waals surface area (Å²) < 4.78 is 2.82. The summed E-state index contributed by atoms with van der Waals surface area (Å²) in [5.74, 6) is 0. The van der Waals surface area contributed by atoms with Crippen LogP contribution < -0.4 is 0 Å². The van der Waals surface area contributed by atoms with Crippen LogP contribution in [-0.2, 0) is 6.42 Å². The van der Waals surface area contributed by atoms with Gasteiger partial charge in [0.05, 0.1) is 0 Å². The predicted molar refractivity (Wildman–Crippen MR) is 93.3 cm³/mol. The number of hydrogen-bond donors (Lipinski definition) is 0. The fourth-order valence-corrected chi connectivity index (χ4v) is 4.20. The Hall–Kier alpha value is -2.12. The van der Waals surface area contributed by atoms with E-state index in [1.807, 2.05) is 11.3 Å². The van der Waals surface area contributed by atoms with Gasteiger partial charge in [-0.3, -0.25) is 0 Å². The van der Waals surface area contributed by atoms with Gasteiger partial charge >= 0.3 is 0 Å². The standard InChI is InChI=1S/C20H16S/c1-14-11-16(13-15-7-3-2-4-8-15)20-18(12-14)17-9-5-6-10-19(17)21-20/h2-12H,13H2,1H3. The Bertz CT molecular complexity index is 917. The van der Waals surface area contributed by atoms with Gasteiger partial charge in [0.25, 0.3) is 0 Å². The molecule has 0 N–H and O–H groups in total. The molecular formula is C20H16S. The molecule has 1 aromatic heterocycles. The summed E-state index contributed by atoms with van der Waals surface area (Å²) in [5.41, 5.74) is 4.16. The van der Waals surface area contributed by atoms with E-state index in [-0.39, 0.29) is 0 Å². The zero-order valence-electron chi connectivity index (χ0n) is 12.0. The van der Waals surface area contributed by atoms with E-state index in [1.54, 1.807) is 0 Å². The third kappa shape index (κ3) is 2.24. The van der Waals surface area contributed by atoms with Crippen molar-refractivity contribution >= 4 is 31.5 Å². The van der Waals surface area contributed by atoms with E-state index in [4.69, 9.17) is 0 Å². The second kappa shape index (κ2) is 5.01. The minimum absolute atomic E-state index is 1.01. The van der Waals surface area contributed by atoms with Crippen molar-refractivity contribution < 1.29 is 0 Å². The second-order valence-corrected chi connectivity index (χ2v) is 6.61. The third-order valence-corrected chi connectivity index (χ3v) is 5.20. The van der Waals surface area contributed by atoms with Crippen molar-refractivity contribution in [3.8, 4) is 0 Å². The smallest absolute Gasteiger partial charge is 0.0390 e. The van der Waals surface area contributed by atoms with Crippen molar-refractivity contribution in [2.24, 2.45) is 0 Å². The minimum atomic E-state index is 1.01. The molecule has 0 nitrogen and oxygen atoms in total. The largest absolute Gasteiger partial charge is 0.135 e. The molecule has 0 aliphatic rings. The molecule has 3 aromatic carbocycles. The maximum absolute atomic E-state index is 2.34. The molecule has 0 aliphatic carbocycles. The molecule has 102 valence electrons. The Labute approximate surface area is 128 Å². The van der Waals surface area contributed by atoms with Gasteiger partial charge < -0.3 is 0 Å². The van der Waals surface area contributed by atoms with Crippen molar-refractivity contribution in [3.05, 3.63) is 83.4 Å². The number of benzene rings is 3. The summed E-state index contributed by atoms with van der Waals surface area (Å²) in [5, 5.41) is 2.79. The fraction of sp³-hybridized carbons (Fsp3) is 0.100. The molecule has 0 amide bonds. The SMILES string of the molecule is Cc1cc(Cc2ccccc2)c2sc3ccccc3c2c1. The van der Waals surface area contributed by atoms with Gasteiger partial charge in [0.15, 0.2) is 0 Å². The molecule has 0 atom stereocenters. The Morgan fingerprint density at radius 1 is 0.810 bits per heavy atom. The lowest BCUT2D eigenvalue weighted by Crippen LogP contribution is -1.89. The van der Waals surface area contributed by atoms with Crippen LogP contribution in [0, 0.1) is 6.92 Å². The molecule has 4 rings (SSSR count). The Balaban J connectivity index is 1.96. The first-order valence-electron chi connectivity index (χ1n) is 7.26. The highest BCUT2D eigenvalue weighted by molar-refractivity contribution is 7.26. The number of hydrogen-bond acceptors (Lipinski definition) is 1. The molecule has 0 spiro atoms. The summed E-state index contributed by atoms with van der Waals surface area (Å²) >= 11 is 1.92. The maximum atomic E-state index is 2.34. The van der Waals surface area contributed by atoms with Crippen molar-refractivity contribution in [2.45, 2.75) is 13.3 Å². The summed E-state index contributed by atoms with van der Waals surface area (Å²) in [4.78, 5) is 0. The lowest BCUT2D eigenvalue weighted by atomic mass is 10.00. The average Bonchev–Trinajstić information content (AvgIpc) is 2.87. The molecule has 4 aromatic rings. The number of thiophene rings is 1. The first-order valence-corrected chi connectivity index (χ1v) is 8.07. The molecule has 0 saturated heterocycles. The highest BCUT2D eigenvalue weighted by Crippen LogP contribution is 2.37. The van der Waals surface area contributed by atoms with Crippen molar-refractivity contribution in [3.63, 3.8) is 0 Å². The van der Waals surface area contributed by atoms with E-state index in [0.29, 0.717) is 0 Å². The van der Waals surface area contributed by atoms with E-state index in [0.717, 1.165) is 6.42 Å². The number of rotatable bonds is 2. The summed E-state index contributed by atoms with van der Waals surface area (Å²) in [6, 6.07) is 24.1. The zero-order valence-corrected chi connectivity index (χ0v) is 12.8. The van der Waals surface area contributed by atoms with Crippen LogP contribution in [-0.4, -0.2) is 0 Å². The van der Waals surface area contributed by atoms with Crippen LogP contribution >= 0.6 is 11.3 Å². The van der Waals surface area contributed by atoms with Crippen LogP contribution in [0.1, 0.15) is 16.7 Å². The van der Waals surface area contributed by atoms with Crippen LogP contribution in [0.15, 0.2) is 66.7 Å². The lowest BCUT2D eigenvalue weighted by Gasteiger charge is -2.06. The zero-order chi connectivity index (χ0) is 14.2. The van der Waals surface area contributed by atoms with Gasteiger partial charge in [-0.15, -0.1) is 11.3 Å². The van der Waals surface area contributed by atoms with E-state index in [2.05, 4.69) is 73.7 Å². The van der Waals surface area contributed by atoms with E-state index in [1.165, 1.54) is 36.9 Å². The molecule has 0 fully saturated rings. The molecule has 1 heteroatoms. The number of fused-ring (bicyclic) bond motifs is 3. The summed E-state index contributed by atoms with van der Waals surface area (Å²) in [6.07, 6.45) is 1.01. The first-order chi connectivity index (χ1) is 10.3.